The van der Waals surface area contributed by atoms with Crippen molar-refractivity contribution in [2.24, 2.45) is 0 Å². The van der Waals surface area contributed by atoms with E-state index in [1.807, 2.05) is 55.5 Å². The zero-order chi connectivity index (χ0) is 26.1. The minimum Gasteiger partial charge on any atom is -0.454 e. The van der Waals surface area contributed by atoms with Crippen LogP contribution in [-0.2, 0) is 26.2 Å². The summed E-state index contributed by atoms with van der Waals surface area (Å²) in [5, 5.41) is 13.5. The van der Waals surface area contributed by atoms with E-state index in [1.165, 1.54) is 0 Å². The molecule has 3 heterocycles. The van der Waals surface area contributed by atoms with Gasteiger partial charge < -0.3 is 14.5 Å². The number of tetrazole rings is 1. The van der Waals surface area contributed by atoms with Crippen molar-refractivity contribution >= 4 is 10.9 Å². The summed E-state index contributed by atoms with van der Waals surface area (Å²) in [5.74, 6) is 2.19. The van der Waals surface area contributed by atoms with Crippen molar-refractivity contribution in [3.63, 3.8) is 0 Å². The molecule has 0 bridgehead atoms. The molecule has 9 heteroatoms. The Morgan fingerprint density at radius 1 is 0.895 bits per heavy atom. The van der Waals surface area contributed by atoms with Gasteiger partial charge in [-0.2, -0.15) is 0 Å². The number of pyridine rings is 1. The average molecular weight is 509 g/mol. The molecule has 0 saturated heterocycles. The molecule has 5 aromatic rings. The molecule has 1 aliphatic rings. The summed E-state index contributed by atoms with van der Waals surface area (Å²) in [6.45, 7) is 6.31. The number of aromatic amines is 1. The number of fused-ring (bicyclic) bond motifs is 2. The number of hydrogen-bond acceptors (Lipinski definition) is 7. The SMILES string of the molecule is Cc1ccc(C)c2[nH]c(=O)c(CN(Cc3ccc4c(c3)OCO4)Cc3nnnn3Cc3ccccc3)cc12. The van der Waals surface area contributed by atoms with Gasteiger partial charge in [-0.05, 0) is 64.7 Å². The third-order valence-corrected chi connectivity index (χ3v) is 6.90. The van der Waals surface area contributed by atoms with Crippen molar-refractivity contribution in [1.82, 2.24) is 30.1 Å². The quantitative estimate of drug-likeness (QED) is 0.337. The van der Waals surface area contributed by atoms with Crippen LogP contribution in [0.3, 0.4) is 0 Å². The monoisotopic (exact) mass is 508 g/mol. The van der Waals surface area contributed by atoms with Crippen molar-refractivity contribution < 1.29 is 9.47 Å². The second-order valence-corrected chi connectivity index (χ2v) is 9.68. The zero-order valence-electron chi connectivity index (χ0n) is 21.3. The summed E-state index contributed by atoms with van der Waals surface area (Å²) >= 11 is 0. The lowest BCUT2D eigenvalue weighted by atomic mass is 10.0. The number of ether oxygens (including phenoxy) is 2. The van der Waals surface area contributed by atoms with Crippen LogP contribution in [0.25, 0.3) is 10.9 Å². The van der Waals surface area contributed by atoms with Crippen LogP contribution in [0.2, 0.25) is 0 Å². The van der Waals surface area contributed by atoms with Crippen LogP contribution in [0.1, 0.15) is 33.6 Å². The van der Waals surface area contributed by atoms with Crippen LogP contribution in [0.5, 0.6) is 11.5 Å². The third-order valence-electron chi connectivity index (χ3n) is 6.90. The standard InChI is InChI=1S/C29H28N6O3/c1-19-8-9-20(2)28-24(19)13-23(29(36)30-28)16-34(14-22-10-11-25-26(12-22)38-18-37-25)17-27-31-32-33-35(27)15-21-6-4-3-5-7-21/h3-13H,14-18H2,1-2H3,(H,30,36). The van der Waals surface area contributed by atoms with Gasteiger partial charge in [-0.3, -0.25) is 9.69 Å². The van der Waals surface area contributed by atoms with Crippen LogP contribution in [0, 0.1) is 13.8 Å². The predicted octanol–water partition coefficient (Wildman–Crippen LogP) is 4.11. The fourth-order valence-corrected chi connectivity index (χ4v) is 4.86. The number of benzene rings is 3. The van der Waals surface area contributed by atoms with Gasteiger partial charge in [-0.15, -0.1) is 5.10 Å². The molecule has 0 aliphatic carbocycles. The van der Waals surface area contributed by atoms with E-state index in [0.717, 1.165) is 50.5 Å². The Labute approximate surface area is 219 Å². The largest absolute Gasteiger partial charge is 0.454 e. The minimum absolute atomic E-state index is 0.0919. The summed E-state index contributed by atoms with van der Waals surface area (Å²) in [5.41, 5.74) is 5.80. The lowest BCUT2D eigenvalue weighted by Crippen LogP contribution is -2.28. The highest BCUT2D eigenvalue weighted by Gasteiger charge is 2.19. The van der Waals surface area contributed by atoms with Gasteiger partial charge in [-0.1, -0.05) is 48.5 Å². The number of rotatable bonds is 8. The summed E-state index contributed by atoms with van der Waals surface area (Å²) in [7, 11) is 0. The summed E-state index contributed by atoms with van der Waals surface area (Å²) in [4.78, 5) is 18.5. The molecule has 0 unspecified atom stereocenters. The Morgan fingerprint density at radius 2 is 1.71 bits per heavy atom. The van der Waals surface area contributed by atoms with E-state index < -0.39 is 0 Å². The fraction of sp³-hybridized carbons (Fsp3) is 0.241. The van der Waals surface area contributed by atoms with Gasteiger partial charge in [0, 0.05) is 24.0 Å². The number of nitrogens with one attached hydrogen (secondary N) is 1. The van der Waals surface area contributed by atoms with Gasteiger partial charge in [0.05, 0.1) is 18.6 Å². The maximum Gasteiger partial charge on any atom is 0.252 e. The number of aromatic nitrogens is 5. The van der Waals surface area contributed by atoms with Gasteiger partial charge in [0.25, 0.3) is 5.56 Å². The molecule has 0 spiro atoms. The Bertz CT molecular complexity index is 1660. The smallest absolute Gasteiger partial charge is 0.252 e. The molecule has 0 radical (unpaired) electrons. The minimum atomic E-state index is -0.0919. The highest BCUT2D eigenvalue weighted by Crippen LogP contribution is 2.33. The number of hydrogen-bond donors (Lipinski definition) is 1. The molecule has 0 saturated carbocycles. The summed E-state index contributed by atoms with van der Waals surface area (Å²) < 4.78 is 12.9. The lowest BCUT2D eigenvalue weighted by Gasteiger charge is -2.22. The third kappa shape index (κ3) is 4.88. The van der Waals surface area contributed by atoms with Gasteiger partial charge >= 0.3 is 0 Å². The maximum atomic E-state index is 13.2. The summed E-state index contributed by atoms with van der Waals surface area (Å²) in [6, 6.07) is 22.1. The van der Waals surface area contributed by atoms with Crippen molar-refractivity contribution in [3.8, 4) is 11.5 Å². The van der Waals surface area contributed by atoms with E-state index in [2.05, 4.69) is 50.5 Å². The molecule has 3 aromatic carbocycles. The van der Waals surface area contributed by atoms with Gasteiger partial charge in [-0.25, -0.2) is 4.68 Å². The van der Waals surface area contributed by atoms with Crippen LogP contribution >= 0.6 is 0 Å². The molecular weight excluding hydrogens is 480 g/mol. The van der Waals surface area contributed by atoms with Crippen LogP contribution in [-0.4, -0.2) is 36.9 Å². The Morgan fingerprint density at radius 3 is 2.58 bits per heavy atom. The first-order valence-electron chi connectivity index (χ1n) is 12.6. The van der Waals surface area contributed by atoms with Crippen LogP contribution in [0.4, 0.5) is 0 Å². The molecule has 0 fully saturated rings. The lowest BCUT2D eigenvalue weighted by molar-refractivity contribution is 0.174. The van der Waals surface area contributed by atoms with Gasteiger partial charge in [0.1, 0.15) is 0 Å². The number of H-pyrrole nitrogens is 1. The van der Waals surface area contributed by atoms with Gasteiger partial charge in [0.15, 0.2) is 17.3 Å². The van der Waals surface area contributed by atoms with E-state index in [4.69, 9.17) is 9.47 Å². The van der Waals surface area contributed by atoms with Crippen molar-refractivity contribution in [1.29, 1.82) is 0 Å². The van der Waals surface area contributed by atoms with E-state index in [0.29, 0.717) is 31.7 Å². The van der Waals surface area contributed by atoms with E-state index in [1.54, 1.807) is 4.68 Å². The Kier molecular flexibility index (Phi) is 6.35. The molecule has 0 atom stereocenters. The highest BCUT2D eigenvalue weighted by molar-refractivity contribution is 5.85. The Balaban J connectivity index is 1.33. The topological polar surface area (TPSA) is 98.2 Å². The first-order chi connectivity index (χ1) is 18.5. The molecule has 9 nitrogen and oxygen atoms in total. The molecule has 0 amide bonds. The second-order valence-electron chi connectivity index (χ2n) is 9.68. The van der Waals surface area contributed by atoms with Crippen LogP contribution < -0.4 is 15.0 Å². The molecule has 1 N–H and O–H groups in total. The normalized spacial score (nSPS) is 12.5. The van der Waals surface area contributed by atoms with Crippen LogP contribution in [0.15, 0.2) is 71.5 Å². The number of aryl methyl sites for hydroxylation is 2. The molecule has 1 aliphatic heterocycles. The highest BCUT2D eigenvalue weighted by atomic mass is 16.7. The summed E-state index contributed by atoms with van der Waals surface area (Å²) in [6.07, 6.45) is 0. The van der Waals surface area contributed by atoms with E-state index >= 15 is 0 Å². The van der Waals surface area contributed by atoms with Gasteiger partial charge in [0.2, 0.25) is 6.79 Å². The van der Waals surface area contributed by atoms with E-state index in [9.17, 15) is 4.79 Å². The van der Waals surface area contributed by atoms with Crippen molar-refractivity contribution in [2.45, 2.75) is 40.0 Å². The number of nitrogens with zero attached hydrogens (tertiary/aromatic N) is 5. The molecule has 38 heavy (non-hydrogen) atoms. The molecule has 6 rings (SSSR count). The first kappa shape index (κ1) is 23.9. The predicted molar refractivity (Wildman–Crippen MR) is 143 cm³/mol. The maximum absolute atomic E-state index is 13.2. The zero-order valence-corrected chi connectivity index (χ0v) is 21.3. The molecular formula is C29H28N6O3. The molecule has 2 aromatic heterocycles. The Hall–Kier alpha value is -4.50. The second kappa shape index (κ2) is 10.1. The fourth-order valence-electron chi connectivity index (χ4n) is 4.86. The van der Waals surface area contributed by atoms with E-state index in [-0.39, 0.29) is 12.4 Å². The average Bonchev–Trinajstić information content (AvgIpc) is 3.57. The van der Waals surface area contributed by atoms with Crippen molar-refractivity contribution in [2.75, 3.05) is 6.79 Å². The molecule has 192 valence electrons. The van der Waals surface area contributed by atoms with Crippen molar-refractivity contribution in [3.05, 3.63) is 111 Å². The first-order valence-corrected chi connectivity index (χ1v) is 12.6.